The fourth-order valence-electron chi connectivity index (χ4n) is 1.65. The van der Waals surface area contributed by atoms with Gasteiger partial charge in [-0.2, -0.15) is 0 Å². The number of hydrogen-bond acceptors (Lipinski definition) is 2. The lowest BCUT2D eigenvalue weighted by Gasteiger charge is -2.46. The summed E-state index contributed by atoms with van der Waals surface area (Å²) in [5.41, 5.74) is 0. The average Bonchev–Trinajstić information content (AvgIpc) is 2.03. The van der Waals surface area contributed by atoms with E-state index in [1.165, 1.54) is 0 Å². The fourth-order valence-corrected chi connectivity index (χ4v) is 1.65. The minimum Gasteiger partial charge on any atom is -0.392 e. The van der Waals surface area contributed by atoms with Gasteiger partial charge in [0.15, 0.2) is 0 Å². The summed E-state index contributed by atoms with van der Waals surface area (Å²) >= 11 is 0. The van der Waals surface area contributed by atoms with Gasteiger partial charge >= 0.3 is 0 Å². The average molecular weight is 171 g/mol. The Bertz CT molecular complexity index is 191. The molecule has 0 aliphatic carbocycles. The van der Waals surface area contributed by atoms with Crippen LogP contribution in [0, 0.1) is 11.8 Å². The predicted octanol–water partition coefficient (Wildman–Crippen LogP) is 0.480. The second kappa shape index (κ2) is 3.05. The van der Waals surface area contributed by atoms with Crippen LogP contribution >= 0.6 is 0 Å². The number of carbonyl (C=O) groups is 1. The van der Waals surface area contributed by atoms with Gasteiger partial charge in [0.2, 0.25) is 5.91 Å². The number of aliphatic hydroxyl groups is 1. The molecule has 0 radical (unpaired) electrons. The number of carbonyl (C=O) groups excluding carboxylic acids is 1. The van der Waals surface area contributed by atoms with Gasteiger partial charge in [-0.25, -0.2) is 0 Å². The van der Waals surface area contributed by atoms with E-state index in [9.17, 15) is 9.90 Å². The van der Waals surface area contributed by atoms with E-state index in [1.54, 1.807) is 11.9 Å². The molecule has 0 bridgehead atoms. The van der Waals surface area contributed by atoms with Crippen LogP contribution in [-0.2, 0) is 4.79 Å². The molecule has 0 aromatic rings. The highest BCUT2D eigenvalue weighted by molar-refractivity contribution is 5.86. The molecule has 1 aliphatic heterocycles. The smallest absolute Gasteiger partial charge is 0.230 e. The lowest BCUT2D eigenvalue weighted by molar-refractivity contribution is -0.162. The third-order valence-electron chi connectivity index (χ3n) is 2.81. The van der Waals surface area contributed by atoms with Crippen molar-refractivity contribution in [1.82, 2.24) is 4.90 Å². The van der Waals surface area contributed by atoms with Gasteiger partial charge in [0.25, 0.3) is 0 Å². The van der Waals surface area contributed by atoms with Crippen LogP contribution < -0.4 is 0 Å². The van der Waals surface area contributed by atoms with Crippen LogP contribution in [0.4, 0.5) is 0 Å². The van der Waals surface area contributed by atoms with Crippen molar-refractivity contribution >= 4 is 5.91 Å². The quantitative estimate of drug-likeness (QED) is 0.614. The summed E-state index contributed by atoms with van der Waals surface area (Å²) in [6.07, 6.45) is -0.483. The maximum atomic E-state index is 11.3. The van der Waals surface area contributed by atoms with Gasteiger partial charge in [-0.15, -0.1) is 0 Å². The first-order valence-corrected chi connectivity index (χ1v) is 4.41. The Hall–Kier alpha value is -0.570. The Balaban J connectivity index is 2.60. The number of likely N-dealkylation sites (tertiary alicyclic amines) is 1. The van der Waals surface area contributed by atoms with Gasteiger partial charge in [-0.05, 0) is 12.8 Å². The van der Waals surface area contributed by atoms with Crippen LogP contribution in [0.3, 0.4) is 0 Å². The van der Waals surface area contributed by atoms with E-state index in [4.69, 9.17) is 0 Å². The van der Waals surface area contributed by atoms with Crippen molar-refractivity contribution in [3.8, 4) is 0 Å². The molecule has 1 saturated heterocycles. The van der Waals surface area contributed by atoms with Crippen LogP contribution in [0.25, 0.3) is 0 Å². The van der Waals surface area contributed by atoms with Gasteiger partial charge in [-0.3, -0.25) is 4.79 Å². The summed E-state index contributed by atoms with van der Waals surface area (Å²) in [4.78, 5) is 13.0. The molecule has 0 aromatic heterocycles. The SMILES string of the molecule is CC(C)C(O)C1C(=O)N(C)C1C. The van der Waals surface area contributed by atoms with E-state index in [0.717, 1.165) is 0 Å². The highest BCUT2D eigenvalue weighted by Crippen LogP contribution is 2.30. The van der Waals surface area contributed by atoms with Gasteiger partial charge in [-0.1, -0.05) is 13.8 Å². The number of β-lactam (4-membered cyclic amide) rings is 1. The molecular weight excluding hydrogens is 154 g/mol. The number of amides is 1. The molecule has 1 N–H and O–H groups in total. The first-order valence-electron chi connectivity index (χ1n) is 4.41. The topological polar surface area (TPSA) is 40.5 Å². The number of nitrogens with zero attached hydrogens (tertiary/aromatic N) is 1. The van der Waals surface area contributed by atoms with Gasteiger partial charge in [0.1, 0.15) is 0 Å². The lowest BCUT2D eigenvalue weighted by atomic mass is 9.80. The Kier molecular flexibility index (Phi) is 2.42. The molecular formula is C9H17NO2. The largest absolute Gasteiger partial charge is 0.392 e. The van der Waals surface area contributed by atoms with Crippen LogP contribution in [-0.4, -0.2) is 35.1 Å². The molecule has 12 heavy (non-hydrogen) atoms. The summed E-state index contributed by atoms with van der Waals surface area (Å²) < 4.78 is 0. The van der Waals surface area contributed by atoms with Crippen molar-refractivity contribution in [3.05, 3.63) is 0 Å². The van der Waals surface area contributed by atoms with Crippen molar-refractivity contribution in [1.29, 1.82) is 0 Å². The van der Waals surface area contributed by atoms with Gasteiger partial charge in [0, 0.05) is 13.1 Å². The maximum absolute atomic E-state index is 11.3. The standard InChI is InChI=1S/C9H17NO2/c1-5(2)8(11)7-6(3)10(4)9(7)12/h5-8,11H,1-4H3. The third-order valence-corrected chi connectivity index (χ3v) is 2.81. The molecule has 70 valence electrons. The minimum absolute atomic E-state index is 0.0729. The number of hydrogen-bond donors (Lipinski definition) is 1. The second-order valence-corrected chi connectivity index (χ2v) is 3.95. The zero-order valence-electron chi connectivity index (χ0n) is 8.11. The molecule has 0 saturated carbocycles. The zero-order chi connectivity index (χ0) is 9.46. The van der Waals surface area contributed by atoms with Crippen molar-refractivity contribution < 1.29 is 9.90 Å². The molecule has 1 fully saturated rings. The highest BCUT2D eigenvalue weighted by atomic mass is 16.3. The number of rotatable bonds is 2. The van der Waals surface area contributed by atoms with Crippen molar-refractivity contribution in [2.75, 3.05) is 7.05 Å². The zero-order valence-corrected chi connectivity index (χ0v) is 8.11. The van der Waals surface area contributed by atoms with E-state index in [1.807, 2.05) is 20.8 Å². The summed E-state index contributed by atoms with van der Waals surface area (Å²) in [5, 5.41) is 9.66. The molecule has 1 amide bonds. The number of aliphatic hydroxyl groups excluding tert-OH is 1. The summed E-state index contributed by atoms with van der Waals surface area (Å²) in [6.45, 7) is 5.84. The maximum Gasteiger partial charge on any atom is 0.230 e. The van der Waals surface area contributed by atoms with E-state index in [-0.39, 0.29) is 23.8 Å². The predicted molar refractivity (Wildman–Crippen MR) is 46.6 cm³/mol. The molecule has 0 aromatic carbocycles. The Labute approximate surface area is 73.4 Å². The van der Waals surface area contributed by atoms with Gasteiger partial charge < -0.3 is 10.0 Å². The van der Waals surface area contributed by atoms with E-state index >= 15 is 0 Å². The Morgan fingerprint density at radius 2 is 2.00 bits per heavy atom. The first kappa shape index (κ1) is 9.52. The van der Waals surface area contributed by atoms with Crippen LogP contribution in [0.5, 0.6) is 0 Å². The Morgan fingerprint density at radius 3 is 2.33 bits per heavy atom. The van der Waals surface area contributed by atoms with E-state index < -0.39 is 6.10 Å². The third kappa shape index (κ3) is 1.22. The van der Waals surface area contributed by atoms with Crippen LogP contribution in [0.15, 0.2) is 0 Å². The summed E-state index contributed by atoms with van der Waals surface area (Å²) in [7, 11) is 1.77. The van der Waals surface area contributed by atoms with E-state index in [2.05, 4.69) is 0 Å². The monoisotopic (exact) mass is 171 g/mol. The molecule has 1 heterocycles. The highest BCUT2D eigenvalue weighted by Gasteiger charge is 2.46. The first-order chi connectivity index (χ1) is 5.46. The van der Waals surface area contributed by atoms with Crippen LogP contribution in [0.2, 0.25) is 0 Å². The lowest BCUT2D eigenvalue weighted by Crippen LogP contribution is -2.62. The molecule has 3 atom stereocenters. The summed E-state index contributed by atoms with van der Waals surface area (Å²) in [5.74, 6) is 0.0637. The fraction of sp³-hybridized carbons (Fsp3) is 0.889. The molecule has 1 aliphatic rings. The second-order valence-electron chi connectivity index (χ2n) is 3.95. The Morgan fingerprint density at radius 1 is 1.50 bits per heavy atom. The van der Waals surface area contributed by atoms with E-state index in [0.29, 0.717) is 0 Å². The van der Waals surface area contributed by atoms with Crippen molar-refractivity contribution in [3.63, 3.8) is 0 Å². The molecule has 1 rings (SSSR count). The van der Waals surface area contributed by atoms with Crippen molar-refractivity contribution in [2.24, 2.45) is 11.8 Å². The minimum atomic E-state index is -0.483. The molecule has 3 nitrogen and oxygen atoms in total. The molecule has 0 spiro atoms. The van der Waals surface area contributed by atoms with Crippen LogP contribution in [0.1, 0.15) is 20.8 Å². The normalized spacial score (nSPS) is 32.2. The van der Waals surface area contributed by atoms with Crippen molar-refractivity contribution in [2.45, 2.75) is 32.9 Å². The summed E-state index contributed by atoms with van der Waals surface area (Å²) in [6, 6.07) is 0.190. The molecule has 3 unspecified atom stereocenters. The van der Waals surface area contributed by atoms with Gasteiger partial charge in [0.05, 0.1) is 12.0 Å². The molecule has 3 heteroatoms.